The summed E-state index contributed by atoms with van der Waals surface area (Å²) in [6, 6.07) is 9.66. The Morgan fingerprint density at radius 1 is 1.19 bits per heavy atom. The fraction of sp³-hybridized carbons (Fsp3) is 0.636. The first kappa shape index (κ1) is 22.5. The number of piperidine rings is 1. The molecule has 7 unspecified atom stereocenters. The molecule has 0 aromatic heterocycles. The second-order valence-corrected chi connectivity index (χ2v) is 12.9. The van der Waals surface area contributed by atoms with Crippen LogP contribution in [0.25, 0.3) is 0 Å². The van der Waals surface area contributed by atoms with E-state index >= 15 is 0 Å². The van der Waals surface area contributed by atoms with E-state index in [-0.39, 0.29) is 9.84 Å². The van der Waals surface area contributed by atoms with Gasteiger partial charge >= 0.3 is 11.9 Å². The summed E-state index contributed by atoms with van der Waals surface area (Å²) in [5.74, 6) is -2.61. The quantitative estimate of drug-likeness (QED) is 0.240. The lowest BCUT2D eigenvalue weighted by Gasteiger charge is -2.38. The van der Waals surface area contributed by atoms with Crippen molar-refractivity contribution < 1.29 is 37.0 Å². The predicted molar refractivity (Wildman–Crippen MR) is 121 cm³/mol. The third kappa shape index (κ3) is 3.57. The number of alkyl halides is 1. The molecule has 4 aliphatic rings. The van der Waals surface area contributed by atoms with E-state index in [1.54, 1.807) is 6.92 Å². The van der Waals surface area contributed by atoms with Crippen LogP contribution >= 0.6 is 22.6 Å². The van der Waals surface area contributed by atoms with Crippen molar-refractivity contribution in [1.82, 2.24) is 0 Å². The maximum Gasteiger partial charge on any atom is 0.318 e. The lowest BCUT2D eigenvalue weighted by Crippen LogP contribution is -2.87. The van der Waals surface area contributed by atoms with Gasteiger partial charge in [0.15, 0.2) is 0 Å². The highest BCUT2D eigenvalue weighted by atomic mass is 127. The Balaban J connectivity index is 1.45. The summed E-state index contributed by atoms with van der Waals surface area (Å²) in [5, 5.41) is 1.26. The van der Waals surface area contributed by atoms with E-state index in [9.17, 15) is 18.0 Å². The summed E-state index contributed by atoms with van der Waals surface area (Å²) >= 11 is 1.96. The van der Waals surface area contributed by atoms with E-state index in [0.717, 1.165) is 18.7 Å². The number of halogens is 1. The van der Waals surface area contributed by atoms with Crippen LogP contribution in [0.4, 0.5) is 0 Å². The molecule has 2 bridgehead atoms. The molecule has 8 nitrogen and oxygen atoms in total. The van der Waals surface area contributed by atoms with Crippen molar-refractivity contribution in [2.75, 3.05) is 13.1 Å². The molecule has 0 spiro atoms. The largest absolute Gasteiger partial charge is 0.458 e. The fourth-order valence-electron chi connectivity index (χ4n) is 6.07. The zero-order valence-electron chi connectivity index (χ0n) is 17.7. The number of benzene rings is 1. The zero-order chi connectivity index (χ0) is 22.7. The predicted octanol–water partition coefficient (Wildman–Crippen LogP) is 0.881. The number of carbonyl (C=O) groups is 2. The molecule has 2 saturated heterocycles. The Labute approximate surface area is 201 Å². The lowest BCUT2D eigenvalue weighted by atomic mass is 9.82. The Morgan fingerprint density at radius 2 is 1.88 bits per heavy atom. The SMILES string of the molecule is CC(I)C(=O)OC1C2CC3C1OS(=O)(=O)C3C2C(=O)OC1(c2ccccc2)CC[NH2+]CC1. The number of hydrogen-bond donors (Lipinski definition) is 1. The van der Waals surface area contributed by atoms with E-state index in [0.29, 0.717) is 19.3 Å². The van der Waals surface area contributed by atoms with Crippen LogP contribution in [0.15, 0.2) is 30.3 Å². The summed E-state index contributed by atoms with van der Waals surface area (Å²) in [6.45, 7) is 3.35. The topological polar surface area (TPSA) is 113 Å². The van der Waals surface area contributed by atoms with Crippen molar-refractivity contribution in [2.24, 2.45) is 17.8 Å². The summed E-state index contributed by atoms with van der Waals surface area (Å²) in [7, 11) is -3.94. The number of nitrogens with two attached hydrogens (primary N) is 1. The van der Waals surface area contributed by atoms with Crippen LogP contribution in [0.3, 0.4) is 0 Å². The minimum atomic E-state index is -3.94. The Hall–Kier alpha value is -1.24. The summed E-state index contributed by atoms with van der Waals surface area (Å²) < 4.78 is 42.5. The van der Waals surface area contributed by atoms with Crippen LogP contribution < -0.4 is 5.32 Å². The molecule has 0 amide bonds. The number of quaternary nitrogens is 1. The van der Waals surface area contributed by atoms with Gasteiger partial charge in [-0.2, -0.15) is 8.42 Å². The van der Waals surface area contributed by atoms with E-state index in [1.807, 2.05) is 52.9 Å². The summed E-state index contributed by atoms with van der Waals surface area (Å²) in [5.41, 5.74) is 0.148. The maximum atomic E-state index is 13.6. The average Bonchev–Trinajstić information content (AvgIpc) is 3.37. The van der Waals surface area contributed by atoms with E-state index in [4.69, 9.17) is 13.7 Å². The van der Waals surface area contributed by atoms with E-state index in [1.165, 1.54) is 0 Å². The summed E-state index contributed by atoms with van der Waals surface area (Å²) in [6.07, 6.45) is 0.345. The number of rotatable bonds is 5. The van der Waals surface area contributed by atoms with Gasteiger partial charge in [-0.1, -0.05) is 52.9 Å². The van der Waals surface area contributed by atoms with Gasteiger partial charge in [0.1, 0.15) is 27.0 Å². The fourth-order valence-corrected chi connectivity index (χ4v) is 8.28. The molecule has 4 fully saturated rings. The highest BCUT2D eigenvalue weighted by Crippen LogP contribution is 2.59. The monoisotopic (exact) mass is 576 g/mol. The molecule has 2 aliphatic carbocycles. The molecule has 7 atom stereocenters. The molecular weight excluding hydrogens is 549 g/mol. The van der Waals surface area contributed by atoms with Crippen molar-refractivity contribution in [1.29, 1.82) is 0 Å². The zero-order valence-corrected chi connectivity index (χ0v) is 20.7. The highest BCUT2D eigenvalue weighted by molar-refractivity contribution is 14.1. The van der Waals surface area contributed by atoms with E-state index < -0.39 is 57.0 Å². The molecule has 32 heavy (non-hydrogen) atoms. The van der Waals surface area contributed by atoms with Crippen molar-refractivity contribution in [3.63, 3.8) is 0 Å². The number of fused-ring (bicyclic) bond motifs is 1. The van der Waals surface area contributed by atoms with Crippen LogP contribution in [0.1, 0.15) is 31.7 Å². The molecule has 1 aromatic carbocycles. The molecule has 2 aliphatic heterocycles. The van der Waals surface area contributed by atoms with Gasteiger partial charge in [-0.15, -0.1) is 0 Å². The van der Waals surface area contributed by atoms with Crippen molar-refractivity contribution in [3.8, 4) is 0 Å². The lowest BCUT2D eigenvalue weighted by molar-refractivity contribution is -0.668. The number of esters is 2. The Morgan fingerprint density at radius 3 is 2.53 bits per heavy atom. The van der Waals surface area contributed by atoms with Crippen LogP contribution in [0.5, 0.6) is 0 Å². The maximum absolute atomic E-state index is 13.6. The molecule has 1 aromatic rings. The molecule has 10 heteroatoms. The third-order valence-electron chi connectivity index (χ3n) is 7.48. The van der Waals surface area contributed by atoms with Crippen LogP contribution in [0.2, 0.25) is 0 Å². The van der Waals surface area contributed by atoms with Crippen molar-refractivity contribution >= 4 is 44.6 Å². The van der Waals surface area contributed by atoms with Gasteiger partial charge in [0, 0.05) is 24.7 Å². The molecule has 5 rings (SSSR count). The first-order chi connectivity index (χ1) is 15.2. The minimum Gasteiger partial charge on any atom is -0.458 e. The molecular formula is C22H27INO7S+. The van der Waals surface area contributed by atoms with Gasteiger partial charge in [-0.3, -0.25) is 13.8 Å². The van der Waals surface area contributed by atoms with Crippen molar-refractivity contribution in [2.45, 2.75) is 53.2 Å². The third-order valence-corrected chi connectivity index (χ3v) is 9.79. The van der Waals surface area contributed by atoms with Crippen LogP contribution in [-0.2, 0) is 39.0 Å². The van der Waals surface area contributed by atoms with Gasteiger partial charge in [0.2, 0.25) is 0 Å². The molecule has 2 N–H and O–H groups in total. The smallest absolute Gasteiger partial charge is 0.318 e. The standard InChI is InChI=1S/C22H26INO7S/c1-12(23)20(25)29-17-14-11-15-18(17)31-32(27,28)19(15)16(14)21(26)30-22(7-9-24-10-8-22)13-5-3-2-4-6-13/h2-6,12,14-19,24H,7-11H2,1H3/p+1. The van der Waals surface area contributed by atoms with Gasteiger partial charge in [-0.25, -0.2) is 0 Å². The van der Waals surface area contributed by atoms with Gasteiger partial charge in [0.05, 0.1) is 19.0 Å². The first-order valence-corrected chi connectivity index (χ1v) is 13.8. The highest BCUT2D eigenvalue weighted by Gasteiger charge is 2.72. The minimum absolute atomic E-state index is 0.350. The number of hydrogen-bond acceptors (Lipinski definition) is 7. The second kappa shape index (κ2) is 8.21. The Bertz CT molecular complexity index is 1010. The average molecular weight is 576 g/mol. The van der Waals surface area contributed by atoms with Crippen LogP contribution in [-0.4, -0.2) is 54.8 Å². The molecule has 2 heterocycles. The molecule has 174 valence electrons. The van der Waals surface area contributed by atoms with Gasteiger partial charge in [0.25, 0.3) is 10.1 Å². The molecule has 2 saturated carbocycles. The number of carbonyl (C=O) groups excluding carboxylic acids is 2. The summed E-state index contributed by atoms with van der Waals surface area (Å²) in [4.78, 5) is 25.9. The van der Waals surface area contributed by atoms with Crippen molar-refractivity contribution in [3.05, 3.63) is 35.9 Å². The van der Waals surface area contributed by atoms with Gasteiger partial charge < -0.3 is 14.8 Å². The van der Waals surface area contributed by atoms with Crippen LogP contribution in [0, 0.1) is 17.8 Å². The van der Waals surface area contributed by atoms with Gasteiger partial charge in [-0.05, 0) is 18.9 Å². The molecule has 0 radical (unpaired) electrons. The van der Waals surface area contributed by atoms with E-state index in [2.05, 4.69) is 5.32 Å². The Kier molecular flexibility index (Phi) is 5.78. The normalized spacial score (nSPS) is 37.1. The second-order valence-electron chi connectivity index (χ2n) is 9.27. The number of ether oxygens (including phenoxy) is 2. The first-order valence-electron chi connectivity index (χ1n) is 11.1.